The van der Waals surface area contributed by atoms with E-state index >= 15 is 0 Å². The van der Waals surface area contributed by atoms with Crippen molar-refractivity contribution in [2.75, 3.05) is 13.2 Å². The fraction of sp³-hybridized carbons (Fsp3) is 0.609. The molecule has 0 saturated carbocycles. The molecule has 3 heteroatoms. The van der Waals surface area contributed by atoms with Crippen LogP contribution in [0.3, 0.4) is 0 Å². The van der Waals surface area contributed by atoms with Gasteiger partial charge in [0.15, 0.2) is 0 Å². The molecular formula is C23H39NO2. The van der Waals surface area contributed by atoms with Crippen LogP contribution in [0.1, 0.15) is 80.1 Å². The second kappa shape index (κ2) is 15.5. The monoisotopic (exact) mass is 361 g/mol. The van der Waals surface area contributed by atoms with Crippen molar-refractivity contribution in [3.63, 3.8) is 0 Å². The minimum absolute atomic E-state index is 0.344. The molecule has 0 radical (unpaired) electrons. The third-order valence-electron chi connectivity index (χ3n) is 4.12. The molecule has 0 aliphatic rings. The first-order valence-electron chi connectivity index (χ1n) is 9.86. The maximum Gasteiger partial charge on any atom is 0.407 e. The molecule has 0 spiro atoms. The highest BCUT2D eigenvalue weighted by Crippen LogP contribution is 2.13. The van der Waals surface area contributed by atoms with E-state index in [2.05, 4.69) is 58.2 Å². The number of carbonyl (C=O) groups is 1. The standard InChI is InChI=1S/C23H39NO2/c1-7-24-23(25)26-18-17-22(6)16-10-15-21(5)14-9-13-20(4)12-8-11-19(2)3/h11,13,15,17H,7-10,12,14,16,18H2,1-6H3,(H,24,25)/b20-13+,21-15+,22-17+. The SMILES string of the molecule is CCNC(=O)OC/C=C(\C)CC/C=C(\C)CC/C=C(\C)CCC=C(C)C. The fourth-order valence-electron chi connectivity index (χ4n) is 2.44. The van der Waals surface area contributed by atoms with Gasteiger partial charge in [0.25, 0.3) is 0 Å². The summed E-state index contributed by atoms with van der Waals surface area (Å²) in [6.07, 6.45) is 15.3. The summed E-state index contributed by atoms with van der Waals surface area (Å²) < 4.78 is 5.05. The first-order chi connectivity index (χ1) is 12.3. The van der Waals surface area contributed by atoms with Gasteiger partial charge in [0.2, 0.25) is 0 Å². The van der Waals surface area contributed by atoms with Crippen LogP contribution >= 0.6 is 0 Å². The predicted molar refractivity (Wildman–Crippen MR) is 113 cm³/mol. The van der Waals surface area contributed by atoms with Crippen molar-refractivity contribution in [3.05, 3.63) is 46.6 Å². The van der Waals surface area contributed by atoms with Crippen molar-refractivity contribution < 1.29 is 9.53 Å². The van der Waals surface area contributed by atoms with Gasteiger partial charge in [0, 0.05) is 6.54 Å². The molecule has 0 aromatic carbocycles. The van der Waals surface area contributed by atoms with Gasteiger partial charge in [-0.3, -0.25) is 0 Å². The Balaban J connectivity index is 3.99. The van der Waals surface area contributed by atoms with Crippen LogP contribution in [0.2, 0.25) is 0 Å². The van der Waals surface area contributed by atoms with Crippen LogP contribution in [0, 0.1) is 0 Å². The lowest BCUT2D eigenvalue weighted by atomic mass is 10.0. The average molecular weight is 362 g/mol. The van der Waals surface area contributed by atoms with Gasteiger partial charge >= 0.3 is 6.09 Å². The summed E-state index contributed by atoms with van der Waals surface area (Å²) in [4.78, 5) is 11.2. The predicted octanol–water partition coefficient (Wildman–Crippen LogP) is 6.88. The lowest BCUT2D eigenvalue weighted by Gasteiger charge is -2.04. The van der Waals surface area contributed by atoms with Gasteiger partial charge in [0.05, 0.1) is 0 Å². The molecule has 1 N–H and O–H groups in total. The molecular weight excluding hydrogens is 322 g/mol. The first kappa shape index (κ1) is 24.2. The van der Waals surface area contributed by atoms with Crippen molar-refractivity contribution in [1.82, 2.24) is 5.32 Å². The number of carbonyl (C=O) groups excluding carboxylic acids is 1. The topological polar surface area (TPSA) is 38.3 Å². The molecule has 3 nitrogen and oxygen atoms in total. The summed E-state index contributed by atoms with van der Waals surface area (Å²) in [6.45, 7) is 13.6. The molecule has 0 atom stereocenters. The maximum absolute atomic E-state index is 11.2. The Bertz CT molecular complexity index is 520. The van der Waals surface area contributed by atoms with Gasteiger partial charge < -0.3 is 10.1 Å². The van der Waals surface area contributed by atoms with Gasteiger partial charge in [-0.2, -0.15) is 0 Å². The molecule has 0 heterocycles. The molecule has 26 heavy (non-hydrogen) atoms. The highest BCUT2D eigenvalue weighted by Gasteiger charge is 1.97. The number of alkyl carbamates (subject to hydrolysis) is 1. The highest BCUT2D eigenvalue weighted by atomic mass is 16.5. The van der Waals surface area contributed by atoms with Crippen molar-refractivity contribution in [3.8, 4) is 0 Å². The largest absolute Gasteiger partial charge is 0.445 e. The summed E-state index contributed by atoms with van der Waals surface area (Å²) in [5.74, 6) is 0. The Labute approximate surface area is 161 Å². The van der Waals surface area contributed by atoms with E-state index in [9.17, 15) is 4.79 Å². The van der Waals surface area contributed by atoms with Gasteiger partial charge in [-0.25, -0.2) is 4.79 Å². The molecule has 0 aliphatic carbocycles. The molecule has 0 fully saturated rings. The molecule has 0 saturated heterocycles. The average Bonchev–Trinajstić information content (AvgIpc) is 2.54. The van der Waals surface area contributed by atoms with E-state index in [1.165, 1.54) is 22.3 Å². The van der Waals surface area contributed by atoms with Crippen molar-refractivity contribution in [2.24, 2.45) is 0 Å². The van der Waals surface area contributed by atoms with E-state index in [-0.39, 0.29) is 6.09 Å². The first-order valence-corrected chi connectivity index (χ1v) is 9.86. The summed E-state index contributed by atoms with van der Waals surface area (Å²) in [5.41, 5.74) is 5.59. The zero-order valence-electron chi connectivity index (χ0n) is 17.8. The van der Waals surface area contributed by atoms with Crippen molar-refractivity contribution >= 4 is 6.09 Å². The molecule has 1 amide bonds. The lowest BCUT2D eigenvalue weighted by Crippen LogP contribution is -2.23. The van der Waals surface area contributed by atoms with Crippen LogP contribution in [0.4, 0.5) is 4.79 Å². The van der Waals surface area contributed by atoms with Gasteiger partial charge in [-0.05, 0) is 86.1 Å². The second-order valence-corrected chi connectivity index (χ2v) is 7.18. The normalized spacial score (nSPS) is 12.8. The maximum atomic E-state index is 11.2. The van der Waals surface area contributed by atoms with E-state index < -0.39 is 0 Å². The third kappa shape index (κ3) is 15.7. The van der Waals surface area contributed by atoms with E-state index in [1.54, 1.807) is 0 Å². The number of nitrogens with one attached hydrogen (secondary N) is 1. The Morgan fingerprint density at radius 1 is 0.769 bits per heavy atom. The van der Waals surface area contributed by atoms with Crippen LogP contribution in [-0.2, 0) is 4.74 Å². The Hall–Kier alpha value is -1.77. The summed E-state index contributed by atoms with van der Waals surface area (Å²) in [5, 5.41) is 2.61. The van der Waals surface area contributed by atoms with Crippen LogP contribution in [0.5, 0.6) is 0 Å². The Kier molecular flexibility index (Phi) is 14.4. The lowest BCUT2D eigenvalue weighted by molar-refractivity contribution is 0.158. The smallest absolute Gasteiger partial charge is 0.407 e. The van der Waals surface area contributed by atoms with Crippen LogP contribution in [0.15, 0.2) is 46.6 Å². The number of rotatable bonds is 12. The van der Waals surface area contributed by atoms with E-state index in [0.29, 0.717) is 13.2 Å². The van der Waals surface area contributed by atoms with Crippen LogP contribution < -0.4 is 5.32 Å². The summed E-state index contributed by atoms with van der Waals surface area (Å²) in [6, 6.07) is 0. The Morgan fingerprint density at radius 2 is 1.23 bits per heavy atom. The van der Waals surface area contributed by atoms with Gasteiger partial charge in [-0.15, -0.1) is 0 Å². The summed E-state index contributed by atoms with van der Waals surface area (Å²) in [7, 11) is 0. The zero-order chi connectivity index (χ0) is 19.8. The highest BCUT2D eigenvalue weighted by molar-refractivity contribution is 5.67. The molecule has 0 bridgehead atoms. The number of hydrogen-bond acceptors (Lipinski definition) is 2. The van der Waals surface area contributed by atoms with Crippen molar-refractivity contribution in [1.29, 1.82) is 0 Å². The zero-order valence-corrected chi connectivity index (χ0v) is 17.8. The van der Waals surface area contributed by atoms with E-state index in [4.69, 9.17) is 4.74 Å². The van der Waals surface area contributed by atoms with E-state index in [1.807, 2.05) is 13.0 Å². The van der Waals surface area contributed by atoms with Crippen LogP contribution in [0.25, 0.3) is 0 Å². The number of hydrogen-bond donors (Lipinski definition) is 1. The van der Waals surface area contributed by atoms with Gasteiger partial charge in [-0.1, -0.05) is 40.5 Å². The number of allylic oxidation sites excluding steroid dienone is 7. The van der Waals surface area contributed by atoms with Gasteiger partial charge in [0.1, 0.15) is 6.61 Å². The minimum atomic E-state index is -0.350. The fourth-order valence-corrected chi connectivity index (χ4v) is 2.44. The molecule has 148 valence electrons. The number of amides is 1. The quantitative estimate of drug-likeness (QED) is 0.385. The minimum Gasteiger partial charge on any atom is -0.445 e. The molecule has 0 aliphatic heterocycles. The number of ether oxygens (including phenoxy) is 1. The molecule has 0 rings (SSSR count). The third-order valence-corrected chi connectivity index (χ3v) is 4.12. The van der Waals surface area contributed by atoms with Crippen molar-refractivity contribution in [2.45, 2.75) is 80.1 Å². The second-order valence-electron chi connectivity index (χ2n) is 7.18. The van der Waals surface area contributed by atoms with Crippen LogP contribution in [-0.4, -0.2) is 19.2 Å². The molecule has 0 aromatic rings. The Morgan fingerprint density at radius 3 is 1.69 bits per heavy atom. The molecule has 0 unspecified atom stereocenters. The van der Waals surface area contributed by atoms with E-state index in [0.717, 1.165) is 38.5 Å². The molecule has 0 aromatic heterocycles. The summed E-state index contributed by atoms with van der Waals surface area (Å²) >= 11 is 0.